The van der Waals surface area contributed by atoms with Gasteiger partial charge in [-0.15, -0.1) is 0 Å². The molecule has 0 unspecified atom stereocenters. The fourth-order valence-corrected chi connectivity index (χ4v) is 1.85. The Morgan fingerprint density at radius 1 is 1.46 bits per heavy atom. The van der Waals surface area contributed by atoms with E-state index in [0.29, 0.717) is 6.04 Å². The summed E-state index contributed by atoms with van der Waals surface area (Å²) in [5, 5.41) is 3.47. The minimum atomic E-state index is 0.656. The summed E-state index contributed by atoms with van der Waals surface area (Å²) in [6, 6.07) is 4.73. The van der Waals surface area contributed by atoms with Crippen molar-refractivity contribution >= 4 is 5.82 Å². The molecule has 0 aliphatic heterocycles. The fraction of sp³-hybridized carbons (Fsp3) is 0.545. The molecule has 1 aromatic rings. The second-order valence-corrected chi connectivity index (χ2v) is 4.09. The van der Waals surface area contributed by atoms with Crippen LogP contribution in [-0.4, -0.2) is 11.0 Å². The van der Waals surface area contributed by atoms with Crippen molar-refractivity contribution < 1.29 is 0 Å². The number of pyridine rings is 1. The molecule has 1 heterocycles. The Bertz CT molecular complexity index is 290. The van der Waals surface area contributed by atoms with Gasteiger partial charge in [0.15, 0.2) is 0 Å². The third-order valence-corrected chi connectivity index (χ3v) is 2.72. The van der Waals surface area contributed by atoms with Crippen LogP contribution in [0.15, 0.2) is 18.3 Å². The maximum atomic E-state index is 4.31. The number of aryl methyl sites for hydroxylation is 1. The van der Waals surface area contributed by atoms with E-state index >= 15 is 0 Å². The predicted molar refractivity (Wildman–Crippen MR) is 54.8 cm³/mol. The van der Waals surface area contributed by atoms with Gasteiger partial charge in [-0.2, -0.15) is 0 Å². The third-order valence-electron chi connectivity index (χ3n) is 2.72. The lowest BCUT2D eigenvalue weighted by Crippen LogP contribution is -2.34. The zero-order chi connectivity index (χ0) is 9.26. The molecule has 0 aromatic carbocycles. The number of anilines is 1. The van der Waals surface area contributed by atoms with Crippen molar-refractivity contribution in [1.82, 2.24) is 4.98 Å². The maximum absolute atomic E-state index is 4.31. The molecule has 1 fully saturated rings. The second-order valence-electron chi connectivity index (χ2n) is 4.09. The molecule has 0 saturated heterocycles. The first-order valence-corrected chi connectivity index (χ1v) is 4.94. The van der Waals surface area contributed by atoms with Gasteiger partial charge in [0.1, 0.15) is 5.82 Å². The monoisotopic (exact) mass is 176 g/mol. The number of aromatic nitrogens is 1. The summed E-state index contributed by atoms with van der Waals surface area (Å²) in [5.74, 6) is 1.95. The van der Waals surface area contributed by atoms with Gasteiger partial charge in [-0.05, 0) is 37.3 Å². The van der Waals surface area contributed by atoms with Crippen LogP contribution in [0.4, 0.5) is 5.82 Å². The Balaban J connectivity index is 1.98. The summed E-state index contributed by atoms with van der Waals surface area (Å²) in [6.45, 7) is 4.39. The van der Waals surface area contributed by atoms with Gasteiger partial charge in [0.2, 0.25) is 0 Å². The van der Waals surface area contributed by atoms with Crippen molar-refractivity contribution in [3.05, 3.63) is 23.9 Å². The Morgan fingerprint density at radius 2 is 2.23 bits per heavy atom. The summed E-state index contributed by atoms with van der Waals surface area (Å²) in [6.07, 6.45) is 4.42. The molecule has 1 aromatic heterocycles. The maximum Gasteiger partial charge on any atom is 0.129 e. The van der Waals surface area contributed by atoms with Crippen molar-refractivity contribution in [2.45, 2.75) is 32.7 Å². The molecule has 0 amide bonds. The average Bonchev–Trinajstić information content (AvgIpc) is 2.06. The van der Waals surface area contributed by atoms with Crippen LogP contribution in [0.5, 0.6) is 0 Å². The van der Waals surface area contributed by atoms with E-state index in [1.807, 2.05) is 12.3 Å². The lowest BCUT2D eigenvalue weighted by Gasteiger charge is -2.33. The van der Waals surface area contributed by atoms with Crippen LogP contribution in [0.1, 0.15) is 25.3 Å². The SMILES string of the molecule is Cc1cccnc1NC1CC(C)C1. The predicted octanol–water partition coefficient (Wildman–Crippen LogP) is 2.60. The highest BCUT2D eigenvalue weighted by molar-refractivity contribution is 5.43. The van der Waals surface area contributed by atoms with Crippen molar-refractivity contribution in [1.29, 1.82) is 0 Å². The molecule has 0 atom stereocenters. The van der Waals surface area contributed by atoms with Gasteiger partial charge in [-0.1, -0.05) is 13.0 Å². The van der Waals surface area contributed by atoms with Crippen molar-refractivity contribution in [2.24, 2.45) is 5.92 Å². The van der Waals surface area contributed by atoms with E-state index in [0.717, 1.165) is 11.7 Å². The zero-order valence-corrected chi connectivity index (χ0v) is 8.25. The van der Waals surface area contributed by atoms with Crippen LogP contribution >= 0.6 is 0 Å². The first-order valence-electron chi connectivity index (χ1n) is 4.94. The normalized spacial score (nSPS) is 26.6. The van der Waals surface area contributed by atoms with E-state index in [1.165, 1.54) is 18.4 Å². The second kappa shape index (κ2) is 3.36. The van der Waals surface area contributed by atoms with Crippen LogP contribution in [0, 0.1) is 12.8 Å². The summed E-state index contributed by atoms with van der Waals surface area (Å²) < 4.78 is 0. The largest absolute Gasteiger partial charge is 0.367 e. The quantitative estimate of drug-likeness (QED) is 0.749. The molecule has 2 heteroatoms. The van der Waals surface area contributed by atoms with Gasteiger partial charge in [0.05, 0.1) is 0 Å². The molecule has 2 nitrogen and oxygen atoms in total. The van der Waals surface area contributed by atoms with Crippen molar-refractivity contribution in [2.75, 3.05) is 5.32 Å². The first kappa shape index (κ1) is 8.54. The van der Waals surface area contributed by atoms with Crippen molar-refractivity contribution in [3.8, 4) is 0 Å². The lowest BCUT2D eigenvalue weighted by molar-refractivity contribution is 0.308. The Morgan fingerprint density at radius 3 is 2.85 bits per heavy atom. The summed E-state index contributed by atoms with van der Waals surface area (Å²) in [4.78, 5) is 4.31. The number of nitrogens with one attached hydrogen (secondary N) is 1. The van der Waals surface area contributed by atoms with Crippen LogP contribution in [0.2, 0.25) is 0 Å². The number of nitrogens with zero attached hydrogens (tertiary/aromatic N) is 1. The Labute approximate surface area is 79.4 Å². The fourth-order valence-electron chi connectivity index (χ4n) is 1.85. The molecular weight excluding hydrogens is 160 g/mol. The summed E-state index contributed by atoms with van der Waals surface area (Å²) in [7, 11) is 0. The molecule has 70 valence electrons. The highest BCUT2D eigenvalue weighted by atomic mass is 15.0. The van der Waals surface area contributed by atoms with E-state index in [-0.39, 0.29) is 0 Å². The highest BCUT2D eigenvalue weighted by Gasteiger charge is 2.25. The van der Waals surface area contributed by atoms with E-state index in [9.17, 15) is 0 Å². The molecule has 0 spiro atoms. The van der Waals surface area contributed by atoms with Crippen LogP contribution in [-0.2, 0) is 0 Å². The Kier molecular flexibility index (Phi) is 2.21. The minimum Gasteiger partial charge on any atom is -0.367 e. The molecule has 1 aliphatic carbocycles. The van der Waals surface area contributed by atoms with Crippen LogP contribution in [0.25, 0.3) is 0 Å². The smallest absolute Gasteiger partial charge is 0.129 e. The summed E-state index contributed by atoms with van der Waals surface area (Å²) >= 11 is 0. The highest BCUT2D eigenvalue weighted by Crippen LogP contribution is 2.29. The topological polar surface area (TPSA) is 24.9 Å². The molecular formula is C11H16N2. The zero-order valence-electron chi connectivity index (χ0n) is 8.25. The minimum absolute atomic E-state index is 0.656. The molecule has 0 radical (unpaired) electrons. The van der Waals surface area contributed by atoms with Crippen LogP contribution < -0.4 is 5.32 Å². The van der Waals surface area contributed by atoms with Gasteiger partial charge in [-0.3, -0.25) is 0 Å². The summed E-state index contributed by atoms with van der Waals surface area (Å²) in [5.41, 5.74) is 1.24. The van der Waals surface area contributed by atoms with E-state index in [4.69, 9.17) is 0 Å². The third kappa shape index (κ3) is 1.82. The standard InChI is InChI=1S/C11H16N2/c1-8-6-10(7-8)13-11-9(2)4-3-5-12-11/h3-5,8,10H,6-7H2,1-2H3,(H,12,13). The van der Waals surface area contributed by atoms with Gasteiger partial charge < -0.3 is 5.32 Å². The number of hydrogen-bond acceptors (Lipinski definition) is 2. The molecule has 2 rings (SSSR count). The molecule has 1 saturated carbocycles. The van der Waals surface area contributed by atoms with Gasteiger partial charge in [-0.25, -0.2) is 4.98 Å². The average molecular weight is 176 g/mol. The van der Waals surface area contributed by atoms with E-state index < -0.39 is 0 Å². The van der Waals surface area contributed by atoms with E-state index in [1.54, 1.807) is 0 Å². The number of hydrogen-bond donors (Lipinski definition) is 1. The van der Waals surface area contributed by atoms with Gasteiger partial charge in [0, 0.05) is 12.2 Å². The van der Waals surface area contributed by atoms with E-state index in [2.05, 4.69) is 30.2 Å². The molecule has 1 aliphatic rings. The first-order chi connectivity index (χ1) is 6.25. The number of rotatable bonds is 2. The van der Waals surface area contributed by atoms with Crippen molar-refractivity contribution in [3.63, 3.8) is 0 Å². The Hall–Kier alpha value is -1.05. The molecule has 13 heavy (non-hydrogen) atoms. The van der Waals surface area contributed by atoms with Gasteiger partial charge in [0.25, 0.3) is 0 Å². The lowest BCUT2D eigenvalue weighted by atomic mass is 9.82. The molecule has 1 N–H and O–H groups in total. The van der Waals surface area contributed by atoms with Gasteiger partial charge >= 0.3 is 0 Å². The van der Waals surface area contributed by atoms with Crippen LogP contribution in [0.3, 0.4) is 0 Å². The molecule has 0 bridgehead atoms.